The second-order valence-electron chi connectivity index (χ2n) is 9.49. The van der Waals surface area contributed by atoms with Crippen molar-refractivity contribution in [3.05, 3.63) is 18.5 Å². The van der Waals surface area contributed by atoms with Crippen LogP contribution in [0, 0.1) is 17.3 Å². The molecule has 7 heteroatoms. The van der Waals surface area contributed by atoms with Crippen molar-refractivity contribution in [2.24, 2.45) is 17.3 Å². The zero-order valence-corrected chi connectivity index (χ0v) is 18.0. The highest BCUT2D eigenvalue weighted by molar-refractivity contribution is 5.79. The molecule has 1 saturated carbocycles. The minimum Gasteiger partial charge on any atom is -0.355 e. The van der Waals surface area contributed by atoms with Crippen LogP contribution in [-0.4, -0.2) is 44.8 Å². The minimum absolute atomic E-state index is 0.120. The molecule has 1 N–H and O–H groups in total. The number of aromatic nitrogens is 4. The van der Waals surface area contributed by atoms with Crippen molar-refractivity contribution < 1.29 is 4.79 Å². The van der Waals surface area contributed by atoms with E-state index in [2.05, 4.69) is 46.3 Å². The summed E-state index contributed by atoms with van der Waals surface area (Å²) in [5.41, 5.74) is 1.17. The maximum Gasteiger partial charge on any atom is 0.223 e. The van der Waals surface area contributed by atoms with E-state index in [9.17, 15) is 4.79 Å². The molecule has 2 aliphatic rings. The first kappa shape index (κ1) is 20.1. The van der Waals surface area contributed by atoms with E-state index in [1.54, 1.807) is 10.8 Å². The summed E-state index contributed by atoms with van der Waals surface area (Å²) < 4.78 is 1.70. The second-order valence-corrected chi connectivity index (χ2v) is 9.49. The van der Waals surface area contributed by atoms with E-state index in [-0.39, 0.29) is 11.8 Å². The zero-order chi connectivity index (χ0) is 20.4. The minimum atomic E-state index is 0.120. The van der Waals surface area contributed by atoms with Gasteiger partial charge in [0.15, 0.2) is 5.65 Å². The third-order valence-electron chi connectivity index (χ3n) is 7.43. The summed E-state index contributed by atoms with van der Waals surface area (Å²) in [5.74, 6) is 2.09. The fraction of sp³-hybridized carbons (Fsp3) is 0.727. The van der Waals surface area contributed by atoms with Crippen LogP contribution in [-0.2, 0) is 4.79 Å². The first-order valence-electron chi connectivity index (χ1n) is 11.2. The summed E-state index contributed by atoms with van der Waals surface area (Å²) in [6, 6.07) is 4.28. The van der Waals surface area contributed by atoms with Crippen LogP contribution in [0.1, 0.15) is 65.7 Å². The second kappa shape index (κ2) is 8.28. The summed E-state index contributed by atoms with van der Waals surface area (Å²) in [6.07, 6.45) is 9.34. The molecule has 0 spiro atoms. The van der Waals surface area contributed by atoms with Crippen molar-refractivity contribution >= 4 is 17.4 Å². The molecule has 1 amide bonds. The monoisotopic (exact) mass is 398 g/mol. The van der Waals surface area contributed by atoms with Crippen LogP contribution in [0.15, 0.2) is 18.5 Å². The predicted molar refractivity (Wildman–Crippen MR) is 114 cm³/mol. The fourth-order valence-electron chi connectivity index (χ4n) is 4.88. The van der Waals surface area contributed by atoms with Gasteiger partial charge in [-0.1, -0.05) is 27.2 Å². The SMILES string of the molecule is CCC(C)(C)C1CCC(NC(=O)C2CCN(c3ccc4nncn4n3)CC2)CC1. The third-order valence-corrected chi connectivity index (χ3v) is 7.43. The molecule has 7 nitrogen and oxygen atoms in total. The van der Waals surface area contributed by atoms with E-state index >= 15 is 0 Å². The Morgan fingerprint density at radius 2 is 1.86 bits per heavy atom. The van der Waals surface area contributed by atoms with Crippen molar-refractivity contribution in [2.45, 2.75) is 71.8 Å². The average molecular weight is 399 g/mol. The molecule has 1 saturated heterocycles. The van der Waals surface area contributed by atoms with Gasteiger partial charge in [0.25, 0.3) is 0 Å². The molecule has 2 aromatic heterocycles. The molecule has 0 atom stereocenters. The standard InChI is InChI=1S/C22H34N6O/c1-4-22(2,3)17-5-7-18(8-6-17)24-21(29)16-11-13-27(14-12-16)20-10-9-19-25-23-15-28(19)26-20/h9-10,15-18H,4-8,11-14H2,1-3H3,(H,24,29). The van der Waals surface area contributed by atoms with E-state index in [1.807, 2.05) is 12.1 Å². The van der Waals surface area contributed by atoms with Crippen LogP contribution in [0.25, 0.3) is 5.65 Å². The summed E-state index contributed by atoms with van der Waals surface area (Å²) in [6.45, 7) is 8.78. The van der Waals surface area contributed by atoms with Crippen LogP contribution in [0.2, 0.25) is 0 Å². The molecule has 1 aliphatic heterocycles. The normalized spacial score (nSPS) is 24.0. The highest BCUT2D eigenvalue weighted by Crippen LogP contribution is 2.40. The number of anilines is 1. The van der Waals surface area contributed by atoms with E-state index in [1.165, 1.54) is 19.3 Å². The Labute approximate surface area is 173 Å². The molecular formula is C22H34N6O. The van der Waals surface area contributed by atoms with Gasteiger partial charge in [-0.05, 0) is 62.0 Å². The van der Waals surface area contributed by atoms with Gasteiger partial charge in [0.2, 0.25) is 5.91 Å². The maximum absolute atomic E-state index is 12.8. The Bertz CT molecular complexity index is 831. The largest absolute Gasteiger partial charge is 0.355 e. The molecule has 29 heavy (non-hydrogen) atoms. The van der Waals surface area contributed by atoms with Gasteiger partial charge in [0, 0.05) is 25.0 Å². The first-order valence-corrected chi connectivity index (χ1v) is 11.2. The van der Waals surface area contributed by atoms with Crippen LogP contribution in [0.3, 0.4) is 0 Å². The topological polar surface area (TPSA) is 75.4 Å². The van der Waals surface area contributed by atoms with E-state index in [4.69, 9.17) is 0 Å². The van der Waals surface area contributed by atoms with Gasteiger partial charge in [0.05, 0.1) is 0 Å². The van der Waals surface area contributed by atoms with E-state index in [0.29, 0.717) is 11.5 Å². The zero-order valence-electron chi connectivity index (χ0n) is 18.0. The summed E-state index contributed by atoms with van der Waals surface area (Å²) >= 11 is 0. The molecule has 2 fully saturated rings. The van der Waals surface area contributed by atoms with Crippen molar-refractivity contribution in [1.82, 2.24) is 25.1 Å². The van der Waals surface area contributed by atoms with Crippen molar-refractivity contribution in [3.8, 4) is 0 Å². The number of carbonyl (C=O) groups is 1. The highest BCUT2D eigenvalue weighted by Gasteiger charge is 2.33. The van der Waals surface area contributed by atoms with Crippen molar-refractivity contribution in [2.75, 3.05) is 18.0 Å². The molecule has 1 aliphatic carbocycles. The number of piperidine rings is 1. The van der Waals surface area contributed by atoms with Gasteiger partial charge in [0.1, 0.15) is 12.1 Å². The molecule has 4 rings (SSSR count). The van der Waals surface area contributed by atoms with Crippen LogP contribution in [0.4, 0.5) is 5.82 Å². The van der Waals surface area contributed by atoms with E-state index < -0.39 is 0 Å². The smallest absolute Gasteiger partial charge is 0.223 e. The van der Waals surface area contributed by atoms with Crippen molar-refractivity contribution in [3.63, 3.8) is 0 Å². The Balaban J connectivity index is 1.25. The fourth-order valence-corrected chi connectivity index (χ4v) is 4.88. The molecular weight excluding hydrogens is 364 g/mol. The summed E-state index contributed by atoms with van der Waals surface area (Å²) in [4.78, 5) is 15.1. The average Bonchev–Trinajstić information content (AvgIpc) is 3.22. The van der Waals surface area contributed by atoms with Crippen LogP contribution in [0.5, 0.6) is 0 Å². The van der Waals surface area contributed by atoms with Gasteiger partial charge in [-0.25, -0.2) is 0 Å². The van der Waals surface area contributed by atoms with Crippen LogP contribution >= 0.6 is 0 Å². The molecule has 2 aromatic rings. The van der Waals surface area contributed by atoms with Gasteiger partial charge >= 0.3 is 0 Å². The molecule has 0 radical (unpaired) electrons. The lowest BCUT2D eigenvalue weighted by atomic mass is 9.69. The number of nitrogens with zero attached hydrogens (tertiary/aromatic N) is 5. The Hall–Kier alpha value is -2.18. The number of hydrogen-bond acceptors (Lipinski definition) is 5. The molecule has 0 aromatic carbocycles. The Morgan fingerprint density at radius 1 is 1.14 bits per heavy atom. The number of amides is 1. The predicted octanol–water partition coefficient (Wildman–Crippen LogP) is 3.45. The van der Waals surface area contributed by atoms with Crippen molar-refractivity contribution in [1.29, 1.82) is 0 Å². The van der Waals surface area contributed by atoms with Crippen LogP contribution < -0.4 is 10.2 Å². The van der Waals surface area contributed by atoms with Gasteiger partial charge in [-0.2, -0.15) is 4.52 Å². The first-order chi connectivity index (χ1) is 14.0. The molecule has 158 valence electrons. The lowest BCUT2D eigenvalue weighted by Crippen LogP contribution is -2.45. The van der Waals surface area contributed by atoms with Gasteiger partial charge in [-0.3, -0.25) is 4.79 Å². The quantitative estimate of drug-likeness (QED) is 0.835. The Morgan fingerprint density at radius 3 is 2.55 bits per heavy atom. The summed E-state index contributed by atoms with van der Waals surface area (Å²) in [7, 11) is 0. The van der Waals surface area contributed by atoms with Gasteiger partial charge in [-0.15, -0.1) is 15.3 Å². The number of hydrogen-bond donors (Lipinski definition) is 1. The van der Waals surface area contributed by atoms with Gasteiger partial charge < -0.3 is 10.2 Å². The van der Waals surface area contributed by atoms with E-state index in [0.717, 1.165) is 56.2 Å². The molecule has 0 unspecified atom stereocenters. The maximum atomic E-state index is 12.8. The lowest BCUT2D eigenvalue weighted by molar-refractivity contribution is -0.126. The molecule has 3 heterocycles. The number of carbonyl (C=O) groups excluding carboxylic acids is 1. The third kappa shape index (κ3) is 4.38. The lowest BCUT2D eigenvalue weighted by Gasteiger charge is -2.39. The Kier molecular flexibility index (Phi) is 5.74. The number of nitrogens with one attached hydrogen (secondary N) is 1. The number of fused-ring (bicyclic) bond motifs is 1. The summed E-state index contributed by atoms with van der Waals surface area (Å²) in [5, 5.41) is 15.8. The molecule has 0 bridgehead atoms. The highest BCUT2D eigenvalue weighted by atomic mass is 16.1. The number of rotatable bonds is 5.